The Labute approximate surface area is 384 Å². The van der Waals surface area contributed by atoms with Gasteiger partial charge in [0.15, 0.2) is 0 Å². The highest BCUT2D eigenvalue weighted by Gasteiger charge is 2.22. The predicted molar refractivity (Wildman–Crippen MR) is 277 cm³/mol. The summed E-state index contributed by atoms with van der Waals surface area (Å²) >= 11 is 0. The van der Waals surface area contributed by atoms with E-state index >= 15 is 0 Å². The van der Waals surface area contributed by atoms with E-state index in [9.17, 15) is 0 Å². The number of nitrogens with two attached hydrogens (primary N) is 4. The lowest BCUT2D eigenvalue weighted by molar-refractivity contribution is 1.36. The van der Waals surface area contributed by atoms with Crippen molar-refractivity contribution < 1.29 is 0 Å². The first-order valence-corrected chi connectivity index (χ1v) is 22.3. The second-order valence-corrected chi connectivity index (χ2v) is 17.7. The molecule has 320 valence electrons. The Balaban J connectivity index is 0.000000223. The van der Waals surface area contributed by atoms with Crippen molar-refractivity contribution in [1.82, 2.24) is 0 Å². The summed E-state index contributed by atoms with van der Waals surface area (Å²) in [4.78, 5) is 19.5. The number of hydrogen-bond donors (Lipinski definition) is 4. The summed E-state index contributed by atoms with van der Waals surface area (Å²) in [6.07, 6.45) is 3.38. The van der Waals surface area contributed by atoms with Crippen LogP contribution in [-0.4, -0.2) is 22.8 Å². The highest BCUT2D eigenvalue weighted by molar-refractivity contribution is 6.11. The number of nitrogens with zero attached hydrogens (tertiary/aromatic N) is 4. The van der Waals surface area contributed by atoms with E-state index in [1.54, 1.807) is 0 Å². The summed E-state index contributed by atoms with van der Waals surface area (Å²) in [5.74, 6) is 0. The van der Waals surface area contributed by atoms with Crippen LogP contribution >= 0.6 is 0 Å². The number of aliphatic imine (C=N–C) groups is 4. The molecule has 0 bridgehead atoms. The fourth-order valence-electron chi connectivity index (χ4n) is 9.39. The quantitative estimate of drug-likeness (QED) is 0.123. The third-order valence-electron chi connectivity index (χ3n) is 13.0. The lowest BCUT2D eigenvalue weighted by Crippen LogP contribution is -2.05. The third kappa shape index (κ3) is 7.83. The zero-order valence-corrected chi connectivity index (χ0v) is 36.9. The van der Waals surface area contributed by atoms with Crippen LogP contribution in [0.3, 0.4) is 0 Å². The van der Waals surface area contributed by atoms with Gasteiger partial charge in [-0.25, -0.2) is 0 Å². The van der Waals surface area contributed by atoms with Gasteiger partial charge in [0.25, 0.3) is 0 Å². The molecule has 0 fully saturated rings. The zero-order valence-electron chi connectivity index (χ0n) is 36.9. The second kappa shape index (κ2) is 16.3. The Morgan fingerprint density at radius 2 is 0.652 bits per heavy atom. The summed E-state index contributed by atoms with van der Waals surface area (Å²) in [6, 6.07) is 54.9. The number of aryl methyl sites for hydroxylation is 1. The SMILES string of the molecule is CC1=Nc2ccc(-c3ccc(N)c(N)c3)cc2C1.Cc1cccc(C2=Nc3ccc(-c4ccc5c(c4)CC(c4cccc(C6=Nc7ccc(-c8ccc(N)c(N)c8)cc7C6)c4)=N5)cc3C2)c1. The Hall–Kier alpha value is -8.36. The average molecular weight is 857 g/mol. The molecule has 66 heavy (non-hydrogen) atoms. The number of nitrogen functional groups attached to an aromatic ring is 4. The molecule has 8 heteroatoms. The van der Waals surface area contributed by atoms with Gasteiger partial charge in [0, 0.05) is 31.4 Å². The number of hydrogen-bond acceptors (Lipinski definition) is 8. The molecule has 0 saturated heterocycles. The number of fused-ring (bicyclic) bond motifs is 4. The molecule has 4 aliphatic heterocycles. The predicted octanol–water partition coefficient (Wildman–Crippen LogP) is 12.7. The molecule has 0 radical (unpaired) electrons. The second-order valence-electron chi connectivity index (χ2n) is 17.7. The largest absolute Gasteiger partial charge is 0.397 e. The normalized spacial score (nSPS) is 14.0. The minimum Gasteiger partial charge on any atom is -0.397 e. The maximum Gasteiger partial charge on any atom is 0.0669 e. The minimum absolute atomic E-state index is 0.598. The molecule has 8 aromatic carbocycles. The first-order chi connectivity index (χ1) is 32.1. The van der Waals surface area contributed by atoms with Gasteiger partial charge in [0.2, 0.25) is 0 Å². The van der Waals surface area contributed by atoms with E-state index in [4.69, 9.17) is 37.9 Å². The number of benzene rings is 8. The van der Waals surface area contributed by atoms with Gasteiger partial charge >= 0.3 is 0 Å². The molecule has 8 aromatic rings. The van der Waals surface area contributed by atoms with E-state index in [2.05, 4.69) is 140 Å². The van der Waals surface area contributed by atoms with Crippen molar-refractivity contribution in [2.45, 2.75) is 39.5 Å². The third-order valence-corrected chi connectivity index (χ3v) is 13.0. The molecule has 4 heterocycles. The molecule has 0 spiro atoms. The first kappa shape index (κ1) is 40.4. The number of rotatable bonds is 6. The van der Waals surface area contributed by atoms with Crippen molar-refractivity contribution in [1.29, 1.82) is 0 Å². The van der Waals surface area contributed by atoms with Crippen LogP contribution in [0.4, 0.5) is 45.5 Å². The standard InChI is InChI=1S/C43H33N5.C15H15N3/c1-25-4-2-5-30(16-25)41-22-33-17-26(9-13-38(33)46-41)27-10-14-39-34(18-27)23-42(47-39)31-6-3-7-32(20-31)43-24-35-19-28(11-15-40(35)48-43)29-8-12-36(44)37(45)21-29;1-9-6-12-7-10(3-5-15(12)18-9)11-2-4-13(16)14(17)8-11/h2-21H,22-24,44-45H2,1H3;2-5,7-8H,6,16-17H2,1H3. The molecule has 8 nitrogen and oxygen atoms in total. The fraction of sp³-hybridized carbons (Fsp3) is 0.103. The molecular formula is C58H48N8. The van der Waals surface area contributed by atoms with Gasteiger partial charge in [-0.3, -0.25) is 20.0 Å². The summed E-state index contributed by atoms with van der Waals surface area (Å²) in [5.41, 5.74) is 51.3. The lowest BCUT2D eigenvalue weighted by atomic mass is 9.95. The topological polar surface area (TPSA) is 154 Å². The van der Waals surface area contributed by atoms with Crippen LogP contribution in [0.25, 0.3) is 33.4 Å². The van der Waals surface area contributed by atoms with E-state index in [0.29, 0.717) is 22.7 Å². The molecule has 12 rings (SSSR count). The maximum absolute atomic E-state index is 6.08. The van der Waals surface area contributed by atoms with Crippen LogP contribution < -0.4 is 22.9 Å². The molecule has 0 saturated carbocycles. The molecule has 0 atom stereocenters. The summed E-state index contributed by atoms with van der Waals surface area (Å²) in [7, 11) is 0. The maximum atomic E-state index is 6.08. The van der Waals surface area contributed by atoms with E-state index in [1.807, 2.05) is 36.4 Å². The van der Waals surface area contributed by atoms with Crippen molar-refractivity contribution in [3.05, 3.63) is 202 Å². The molecule has 0 amide bonds. The van der Waals surface area contributed by atoms with Gasteiger partial charge in [-0.1, -0.05) is 84.4 Å². The van der Waals surface area contributed by atoms with Crippen LogP contribution in [0.2, 0.25) is 0 Å². The Morgan fingerprint density at radius 3 is 1.06 bits per heavy atom. The summed E-state index contributed by atoms with van der Waals surface area (Å²) in [6.45, 7) is 4.19. The van der Waals surface area contributed by atoms with Crippen molar-refractivity contribution in [2.75, 3.05) is 22.9 Å². The van der Waals surface area contributed by atoms with Gasteiger partial charge in [0.05, 0.1) is 62.6 Å². The average Bonchev–Trinajstić information content (AvgIpc) is 4.14. The van der Waals surface area contributed by atoms with Crippen molar-refractivity contribution >= 4 is 68.3 Å². The smallest absolute Gasteiger partial charge is 0.0669 e. The van der Waals surface area contributed by atoms with Crippen LogP contribution in [0.5, 0.6) is 0 Å². The number of anilines is 4. The highest BCUT2D eigenvalue weighted by atomic mass is 14.8. The van der Waals surface area contributed by atoms with Crippen molar-refractivity contribution in [3.63, 3.8) is 0 Å². The summed E-state index contributed by atoms with van der Waals surface area (Å²) < 4.78 is 0. The van der Waals surface area contributed by atoms with E-state index < -0.39 is 0 Å². The van der Waals surface area contributed by atoms with Crippen LogP contribution in [0.1, 0.15) is 51.4 Å². The Bertz CT molecular complexity index is 3440. The van der Waals surface area contributed by atoms with Crippen molar-refractivity contribution in [2.24, 2.45) is 20.0 Å². The van der Waals surface area contributed by atoms with Gasteiger partial charge in [0.1, 0.15) is 0 Å². The van der Waals surface area contributed by atoms with Gasteiger partial charge < -0.3 is 22.9 Å². The van der Waals surface area contributed by atoms with Gasteiger partial charge in [-0.15, -0.1) is 0 Å². The zero-order chi connectivity index (χ0) is 45.1. The summed E-state index contributed by atoms with van der Waals surface area (Å²) in [5, 5.41) is 0. The molecule has 4 aliphatic rings. The van der Waals surface area contributed by atoms with Crippen LogP contribution in [-0.2, 0) is 25.7 Å². The molecular weight excluding hydrogens is 809 g/mol. The molecule has 0 unspecified atom stereocenters. The monoisotopic (exact) mass is 856 g/mol. The lowest BCUT2D eigenvalue weighted by Gasteiger charge is -2.07. The fourth-order valence-corrected chi connectivity index (χ4v) is 9.39. The highest BCUT2D eigenvalue weighted by Crippen LogP contribution is 2.39. The molecule has 8 N–H and O–H groups in total. The first-order valence-electron chi connectivity index (χ1n) is 22.3. The van der Waals surface area contributed by atoms with Crippen molar-refractivity contribution in [3.8, 4) is 33.4 Å². The van der Waals surface area contributed by atoms with Crippen LogP contribution in [0.15, 0.2) is 178 Å². The molecule has 0 aromatic heterocycles. The van der Waals surface area contributed by atoms with Gasteiger partial charge in [-0.2, -0.15) is 0 Å². The van der Waals surface area contributed by atoms with E-state index in [1.165, 1.54) is 50.2 Å². The van der Waals surface area contributed by atoms with E-state index in [0.717, 1.165) is 98.9 Å². The Kier molecular flexibility index (Phi) is 10.00. The minimum atomic E-state index is 0.598. The Morgan fingerprint density at radius 1 is 0.303 bits per heavy atom. The van der Waals surface area contributed by atoms with E-state index in [-0.39, 0.29) is 0 Å². The molecule has 0 aliphatic carbocycles. The van der Waals surface area contributed by atoms with Gasteiger partial charge in [-0.05, 0) is 165 Å². The van der Waals surface area contributed by atoms with Crippen LogP contribution in [0, 0.1) is 6.92 Å².